The van der Waals surface area contributed by atoms with E-state index in [1.165, 1.54) is 0 Å². The SMILES string of the molecule is CSC1CCC(NC(=O)c2cc(C(=O)NC3CCC(SC)CC3)cc(C(=O)NC3CCC(SC)CC3)c2)CC1. The van der Waals surface area contributed by atoms with Crippen LogP contribution >= 0.6 is 35.3 Å². The number of thioether (sulfide) groups is 3. The Balaban J connectivity index is 1.47. The quantitative estimate of drug-likeness (QED) is 0.332. The van der Waals surface area contributed by atoms with E-state index in [0.717, 1.165) is 77.0 Å². The van der Waals surface area contributed by atoms with Crippen molar-refractivity contribution in [3.63, 3.8) is 0 Å². The van der Waals surface area contributed by atoms with E-state index in [9.17, 15) is 14.4 Å². The van der Waals surface area contributed by atoms with E-state index < -0.39 is 0 Å². The number of hydrogen-bond acceptors (Lipinski definition) is 6. The van der Waals surface area contributed by atoms with E-state index in [4.69, 9.17) is 0 Å². The first-order valence-corrected chi connectivity index (χ1v) is 18.4. The number of rotatable bonds is 9. The van der Waals surface area contributed by atoms with E-state index >= 15 is 0 Å². The molecule has 1 aromatic rings. The van der Waals surface area contributed by atoms with Crippen molar-refractivity contribution in [2.24, 2.45) is 0 Å². The van der Waals surface area contributed by atoms with Crippen LogP contribution in [-0.4, -0.2) is 70.4 Å². The Morgan fingerprint density at radius 3 is 0.923 bits per heavy atom. The minimum absolute atomic E-state index is 0.133. The van der Waals surface area contributed by atoms with Gasteiger partial charge in [-0.3, -0.25) is 14.4 Å². The summed E-state index contributed by atoms with van der Waals surface area (Å²) in [7, 11) is 0. The van der Waals surface area contributed by atoms with Crippen molar-refractivity contribution in [2.75, 3.05) is 18.8 Å². The van der Waals surface area contributed by atoms with Crippen LogP contribution in [-0.2, 0) is 0 Å². The van der Waals surface area contributed by atoms with E-state index in [0.29, 0.717) is 32.4 Å². The molecule has 0 aromatic heterocycles. The van der Waals surface area contributed by atoms with Crippen molar-refractivity contribution in [3.8, 4) is 0 Å². The lowest BCUT2D eigenvalue weighted by molar-refractivity contribution is 0.0927. The summed E-state index contributed by atoms with van der Waals surface area (Å²) < 4.78 is 0. The summed E-state index contributed by atoms with van der Waals surface area (Å²) >= 11 is 5.70. The Kier molecular flexibility index (Phi) is 11.8. The van der Waals surface area contributed by atoms with Gasteiger partial charge in [0.1, 0.15) is 0 Å². The molecule has 9 heteroatoms. The molecule has 3 amide bonds. The van der Waals surface area contributed by atoms with Crippen molar-refractivity contribution in [1.29, 1.82) is 0 Å². The van der Waals surface area contributed by atoms with Crippen LogP contribution in [0.5, 0.6) is 0 Å². The van der Waals surface area contributed by atoms with Crippen LogP contribution in [0.25, 0.3) is 0 Å². The van der Waals surface area contributed by atoms with Crippen LogP contribution in [0.3, 0.4) is 0 Å². The maximum absolute atomic E-state index is 13.3. The average molecular weight is 592 g/mol. The first-order valence-electron chi connectivity index (χ1n) is 14.5. The molecule has 3 aliphatic rings. The molecule has 39 heavy (non-hydrogen) atoms. The normalized spacial score (nSPS) is 29.3. The second kappa shape index (κ2) is 15.1. The third kappa shape index (κ3) is 8.83. The molecular formula is C30H45N3O3S3. The third-order valence-electron chi connectivity index (χ3n) is 8.75. The van der Waals surface area contributed by atoms with Crippen LogP contribution in [0.15, 0.2) is 18.2 Å². The van der Waals surface area contributed by atoms with Crippen molar-refractivity contribution in [3.05, 3.63) is 34.9 Å². The lowest BCUT2D eigenvalue weighted by Gasteiger charge is -2.29. The molecule has 216 valence electrons. The summed E-state index contributed by atoms with van der Waals surface area (Å²) in [5.74, 6) is -0.605. The van der Waals surface area contributed by atoms with E-state index in [2.05, 4.69) is 34.7 Å². The summed E-state index contributed by atoms with van der Waals surface area (Å²) in [6.07, 6.45) is 18.8. The largest absolute Gasteiger partial charge is 0.349 e. The van der Waals surface area contributed by atoms with Gasteiger partial charge in [-0.1, -0.05) is 0 Å². The van der Waals surface area contributed by atoms with Crippen molar-refractivity contribution >= 4 is 53.0 Å². The number of carbonyl (C=O) groups is 3. The number of nitrogens with one attached hydrogen (secondary N) is 3. The molecule has 1 aromatic carbocycles. The zero-order valence-corrected chi connectivity index (χ0v) is 26.1. The van der Waals surface area contributed by atoms with Gasteiger partial charge in [-0.25, -0.2) is 0 Å². The van der Waals surface area contributed by atoms with Gasteiger partial charge in [0.15, 0.2) is 0 Å². The molecule has 3 saturated carbocycles. The minimum Gasteiger partial charge on any atom is -0.349 e. The maximum Gasteiger partial charge on any atom is 0.251 e. The number of carbonyl (C=O) groups excluding carboxylic acids is 3. The highest BCUT2D eigenvalue weighted by atomic mass is 32.2. The molecule has 4 rings (SSSR count). The summed E-state index contributed by atoms with van der Waals surface area (Å²) in [4.78, 5) is 40.0. The predicted molar refractivity (Wildman–Crippen MR) is 168 cm³/mol. The highest BCUT2D eigenvalue weighted by Gasteiger charge is 2.27. The van der Waals surface area contributed by atoms with Gasteiger partial charge < -0.3 is 16.0 Å². The lowest BCUT2D eigenvalue weighted by atomic mass is 9.93. The van der Waals surface area contributed by atoms with Crippen molar-refractivity contribution < 1.29 is 14.4 Å². The van der Waals surface area contributed by atoms with Gasteiger partial charge in [0.25, 0.3) is 17.7 Å². The first kappa shape index (κ1) is 30.6. The molecule has 3 aliphatic carbocycles. The zero-order chi connectivity index (χ0) is 27.8. The molecular weight excluding hydrogens is 547 g/mol. The third-order valence-corrected chi connectivity index (χ3v) is 12.2. The Labute approximate surface area is 247 Å². The van der Waals surface area contributed by atoms with Crippen molar-refractivity contribution in [1.82, 2.24) is 16.0 Å². The second-order valence-corrected chi connectivity index (χ2v) is 14.8. The lowest BCUT2D eigenvalue weighted by Crippen LogP contribution is -2.40. The molecule has 0 radical (unpaired) electrons. The predicted octanol–water partition coefficient (Wildman–Crippen LogP) is 5.90. The number of benzene rings is 1. The van der Waals surface area contributed by atoms with E-state index in [1.54, 1.807) is 18.2 Å². The Bertz CT molecular complexity index is 847. The molecule has 0 bridgehead atoms. The molecule has 3 fully saturated rings. The Morgan fingerprint density at radius 2 is 0.718 bits per heavy atom. The summed E-state index contributed by atoms with van der Waals surface area (Å²) in [5, 5.41) is 11.5. The fraction of sp³-hybridized carbons (Fsp3) is 0.700. The topological polar surface area (TPSA) is 87.3 Å². The van der Waals surface area contributed by atoms with Gasteiger partial charge in [0.2, 0.25) is 0 Å². The molecule has 0 atom stereocenters. The van der Waals surface area contributed by atoms with Crippen molar-refractivity contribution in [2.45, 2.75) is 111 Å². The summed E-state index contributed by atoms with van der Waals surface area (Å²) in [5.41, 5.74) is 1.16. The van der Waals surface area contributed by atoms with Gasteiger partial charge >= 0.3 is 0 Å². The molecule has 6 nitrogen and oxygen atoms in total. The van der Waals surface area contributed by atoms with Crippen LogP contribution in [0.2, 0.25) is 0 Å². The van der Waals surface area contributed by atoms with Gasteiger partial charge in [-0.2, -0.15) is 35.3 Å². The molecule has 0 saturated heterocycles. The van der Waals surface area contributed by atoms with E-state index in [-0.39, 0.29) is 35.8 Å². The summed E-state index contributed by atoms with van der Waals surface area (Å²) in [6, 6.07) is 5.38. The highest BCUT2D eigenvalue weighted by Crippen LogP contribution is 2.29. The second-order valence-electron chi connectivity index (χ2n) is 11.3. The number of amides is 3. The van der Waals surface area contributed by atoms with Gasteiger partial charge in [0, 0.05) is 50.6 Å². The molecule has 0 aliphatic heterocycles. The van der Waals surface area contributed by atoms with Crippen LogP contribution < -0.4 is 16.0 Å². The van der Waals surface area contributed by atoms with E-state index in [1.807, 2.05) is 35.3 Å². The van der Waals surface area contributed by atoms with Gasteiger partial charge in [-0.15, -0.1) is 0 Å². The smallest absolute Gasteiger partial charge is 0.251 e. The number of hydrogen-bond donors (Lipinski definition) is 3. The minimum atomic E-state index is -0.202. The monoisotopic (exact) mass is 591 g/mol. The van der Waals surface area contributed by atoms with Crippen LogP contribution in [0, 0.1) is 0 Å². The average Bonchev–Trinajstić information content (AvgIpc) is 2.98. The Hall–Kier alpha value is -1.32. The van der Waals surface area contributed by atoms with Gasteiger partial charge in [0.05, 0.1) is 0 Å². The fourth-order valence-corrected chi connectivity index (χ4v) is 8.39. The summed E-state index contributed by atoms with van der Waals surface area (Å²) in [6.45, 7) is 0. The van der Waals surface area contributed by atoms with Crippen LogP contribution in [0.1, 0.15) is 108 Å². The molecule has 0 heterocycles. The molecule has 0 unspecified atom stereocenters. The highest BCUT2D eigenvalue weighted by molar-refractivity contribution is 7.99. The Morgan fingerprint density at radius 1 is 0.487 bits per heavy atom. The maximum atomic E-state index is 13.3. The molecule has 0 spiro atoms. The first-order chi connectivity index (χ1) is 18.9. The van der Waals surface area contributed by atoms with Crippen LogP contribution in [0.4, 0.5) is 0 Å². The fourth-order valence-electron chi connectivity index (χ4n) is 6.16. The standard InChI is InChI=1S/C30H45N3O3S3/c1-37-25-10-4-22(5-11-25)31-28(34)19-16-20(29(35)32-23-6-12-26(38-2)13-7-23)18-21(17-19)30(36)33-24-8-14-27(39-3)15-9-24/h16-18,22-27H,4-15H2,1-3H3,(H,31,34)(H,32,35)(H,33,36). The molecule has 3 N–H and O–H groups in total. The van der Waals surface area contributed by atoms with Gasteiger partial charge in [-0.05, 0) is 114 Å². The zero-order valence-electron chi connectivity index (χ0n) is 23.6.